The van der Waals surface area contributed by atoms with Gasteiger partial charge in [0.15, 0.2) is 0 Å². The molecule has 1 fully saturated rings. The number of carbonyl (C=O) groups is 1. The van der Waals surface area contributed by atoms with Crippen LogP contribution in [0.25, 0.3) is 0 Å². The van der Waals surface area contributed by atoms with Crippen molar-refractivity contribution in [3.05, 3.63) is 19.2 Å². The molecule has 1 aliphatic rings. The molecule has 2 atom stereocenters. The third kappa shape index (κ3) is 3.64. The first kappa shape index (κ1) is 16.5. The third-order valence-corrected chi connectivity index (χ3v) is 6.83. The average Bonchev–Trinajstić information content (AvgIpc) is 2.60. The lowest BCUT2D eigenvalue weighted by molar-refractivity contribution is -0.133. The van der Waals surface area contributed by atoms with Crippen molar-refractivity contribution in [2.45, 2.75) is 45.2 Å². The number of nitrogens with zero attached hydrogens (tertiary/aromatic N) is 1. The highest BCUT2D eigenvalue weighted by Gasteiger charge is 2.34. The molecule has 0 spiro atoms. The quantitative estimate of drug-likeness (QED) is 0.787. The minimum Gasteiger partial charge on any atom is -0.333 e. The Morgan fingerprint density at radius 2 is 2.20 bits per heavy atom. The summed E-state index contributed by atoms with van der Waals surface area (Å²) >= 11 is 8.73. The molecule has 2 N–H and O–H groups in total. The second kappa shape index (κ2) is 6.90. The summed E-state index contributed by atoms with van der Waals surface area (Å²) < 4.78 is 2.09. The Bertz CT molecular complexity index is 470. The number of likely N-dealkylation sites (tertiary alicyclic amines) is 1. The maximum absolute atomic E-state index is 12.4. The van der Waals surface area contributed by atoms with Gasteiger partial charge in [-0.1, -0.05) is 13.8 Å². The molecule has 20 heavy (non-hydrogen) atoms. The Labute approximate surface area is 141 Å². The van der Waals surface area contributed by atoms with E-state index in [2.05, 4.69) is 51.8 Å². The number of halogens is 2. The van der Waals surface area contributed by atoms with Crippen LogP contribution in [0.1, 0.15) is 44.0 Å². The van der Waals surface area contributed by atoms with Crippen molar-refractivity contribution in [2.24, 2.45) is 11.7 Å². The van der Waals surface area contributed by atoms with Gasteiger partial charge in [0, 0.05) is 28.4 Å². The van der Waals surface area contributed by atoms with Crippen molar-refractivity contribution in [3.63, 3.8) is 0 Å². The highest BCUT2D eigenvalue weighted by molar-refractivity contribution is 9.13. The first-order chi connectivity index (χ1) is 9.40. The number of thiophene rings is 1. The SMILES string of the molecule is CC(C)CN1C(=O)CCCC(N)C1c1cc(Br)c(Br)s1. The number of nitrogens with two attached hydrogens (primary N) is 1. The van der Waals surface area contributed by atoms with E-state index in [1.165, 1.54) is 0 Å². The van der Waals surface area contributed by atoms with Crippen LogP contribution in [0.4, 0.5) is 0 Å². The Morgan fingerprint density at radius 3 is 2.75 bits per heavy atom. The monoisotopic (exact) mass is 422 g/mol. The molecule has 0 radical (unpaired) electrons. The van der Waals surface area contributed by atoms with Crippen LogP contribution in [0.15, 0.2) is 14.3 Å². The number of hydrogen-bond donors (Lipinski definition) is 1. The van der Waals surface area contributed by atoms with Crippen LogP contribution in [0, 0.1) is 5.92 Å². The molecule has 112 valence electrons. The summed E-state index contributed by atoms with van der Waals surface area (Å²) in [6, 6.07) is 2.10. The Morgan fingerprint density at radius 1 is 1.50 bits per heavy atom. The van der Waals surface area contributed by atoms with E-state index in [1.807, 2.05) is 4.90 Å². The minimum atomic E-state index is -0.000000000000000222. The Balaban J connectivity index is 2.37. The van der Waals surface area contributed by atoms with Crippen LogP contribution >= 0.6 is 43.2 Å². The van der Waals surface area contributed by atoms with Crippen LogP contribution < -0.4 is 5.73 Å². The van der Waals surface area contributed by atoms with Gasteiger partial charge in [0.1, 0.15) is 0 Å². The molecule has 1 aliphatic heterocycles. The van der Waals surface area contributed by atoms with Crippen LogP contribution in [0.2, 0.25) is 0 Å². The molecule has 6 heteroatoms. The summed E-state index contributed by atoms with van der Waals surface area (Å²) in [6.45, 7) is 5.05. The highest BCUT2D eigenvalue weighted by Crippen LogP contribution is 2.40. The van der Waals surface area contributed by atoms with Gasteiger partial charge in [-0.3, -0.25) is 4.79 Å². The van der Waals surface area contributed by atoms with E-state index in [1.54, 1.807) is 11.3 Å². The second-order valence-electron chi connectivity index (χ2n) is 5.71. The minimum absolute atomic E-state index is 0.000000000000000222. The van der Waals surface area contributed by atoms with Gasteiger partial charge in [-0.2, -0.15) is 0 Å². The molecule has 2 rings (SSSR count). The average molecular weight is 424 g/mol. The predicted octanol–water partition coefficient (Wildman–Crippen LogP) is 4.31. The fraction of sp³-hybridized carbons (Fsp3) is 0.643. The maximum atomic E-state index is 12.4. The summed E-state index contributed by atoms with van der Waals surface area (Å²) in [5.74, 6) is 0.677. The van der Waals surface area contributed by atoms with Crippen molar-refractivity contribution in [1.29, 1.82) is 0 Å². The van der Waals surface area contributed by atoms with Crippen LogP contribution in [0.3, 0.4) is 0 Å². The van der Waals surface area contributed by atoms with Crippen LogP contribution in [-0.2, 0) is 4.79 Å². The number of amides is 1. The van der Waals surface area contributed by atoms with E-state index in [0.717, 1.165) is 32.5 Å². The molecule has 1 saturated heterocycles. The molecule has 0 bridgehead atoms. The molecule has 1 aromatic heterocycles. The summed E-state index contributed by atoms with van der Waals surface area (Å²) in [5.41, 5.74) is 6.38. The van der Waals surface area contributed by atoms with E-state index in [4.69, 9.17) is 5.73 Å². The van der Waals surface area contributed by atoms with E-state index < -0.39 is 0 Å². The maximum Gasteiger partial charge on any atom is 0.223 e. The molecule has 0 saturated carbocycles. The molecule has 0 aliphatic carbocycles. The molecule has 2 unspecified atom stereocenters. The van der Waals surface area contributed by atoms with Gasteiger partial charge in [-0.05, 0) is 56.7 Å². The van der Waals surface area contributed by atoms with Crippen LogP contribution in [-0.4, -0.2) is 23.4 Å². The zero-order valence-electron chi connectivity index (χ0n) is 11.7. The molecule has 2 heterocycles. The van der Waals surface area contributed by atoms with Gasteiger partial charge in [-0.25, -0.2) is 0 Å². The van der Waals surface area contributed by atoms with Crippen molar-refractivity contribution < 1.29 is 4.79 Å². The summed E-state index contributed by atoms with van der Waals surface area (Å²) in [5, 5.41) is 0. The molecule has 3 nitrogen and oxygen atoms in total. The van der Waals surface area contributed by atoms with Gasteiger partial charge in [0.2, 0.25) is 5.91 Å². The molecule has 1 aromatic rings. The highest BCUT2D eigenvalue weighted by atomic mass is 79.9. The lowest BCUT2D eigenvalue weighted by atomic mass is 10.0. The van der Waals surface area contributed by atoms with Crippen molar-refractivity contribution in [3.8, 4) is 0 Å². The van der Waals surface area contributed by atoms with Gasteiger partial charge in [0.25, 0.3) is 0 Å². The number of carbonyl (C=O) groups excluding carboxylic acids is 1. The lowest BCUT2D eigenvalue weighted by Crippen LogP contribution is -2.43. The van der Waals surface area contributed by atoms with Crippen molar-refractivity contribution in [1.82, 2.24) is 4.90 Å². The summed E-state index contributed by atoms with van der Waals surface area (Å²) in [7, 11) is 0. The Kier molecular flexibility index (Phi) is 5.68. The largest absolute Gasteiger partial charge is 0.333 e. The molecular formula is C14H20Br2N2OS. The Hall–Kier alpha value is 0.0900. The predicted molar refractivity (Wildman–Crippen MR) is 90.8 cm³/mol. The normalized spacial score (nSPS) is 24.3. The van der Waals surface area contributed by atoms with Crippen LogP contribution in [0.5, 0.6) is 0 Å². The van der Waals surface area contributed by atoms with Gasteiger partial charge in [0.05, 0.1) is 9.83 Å². The number of rotatable bonds is 3. The first-order valence-electron chi connectivity index (χ1n) is 6.90. The topological polar surface area (TPSA) is 46.3 Å². The molecule has 1 amide bonds. The zero-order chi connectivity index (χ0) is 14.9. The van der Waals surface area contributed by atoms with Gasteiger partial charge >= 0.3 is 0 Å². The van der Waals surface area contributed by atoms with Crippen molar-refractivity contribution >= 4 is 49.1 Å². The van der Waals surface area contributed by atoms with E-state index >= 15 is 0 Å². The lowest BCUT2D eigenvalue weighted by Gasteiger charge is -2.34. The fourth-order valence-corrected chi connectivity index (χ4v) is 4.94. The third-order valence-electron chi connectivity index (χ3n) is 3.51. The summed E-state index contributed by atoms with van der Waals surface area (Å²) in [6.07, 6.45) is 2.40. The first-order valence-corrected chi connectivity index (χ1v) is 9.30. The molecular weight excluding hydrogens is 404 g/mol. The van der Waals surface area contributed by atoms with E-state index in [0.29, 0.717) is 12.3 Å². The zero-order valence-corrected chi connectivity index (χ0v) is 15.7. The summed E-state index contributed by atoms with van der Waals surface area (Å²) in [4.78, 5) is 15.6. The van der Waals surface area contributed by atoms with Gasteiger partial charge < -0.3 is 10.6 Å². The van der Waals surface area contributed by atoms with E-state index in [-0.39, 0.29) is 18.0 Å². The van der Waals surface area contributed by atoms with Gasteiger partial charge in [-0.15, -0.1) is 11.3 Å². The molecule has 0 aromatic carbocycles. The standard InChI is InChI=1S/C14H20Br2N2OS/c1-8(2)7-18-12(19)5-3-4-10(17)13(18)11-6-9(15)14(16)20-11/h6,8,10,13H,3-5,7,17H2,1-2H3. The fourth-order valence-electron chi connectivity index (χ4n) is 2.66. The number of hydrogen-bond acceptors (Lipinski definition) is 3. The smallest absolute Gasteiger partial charge is 0.223 e. The second-order valence-corrected chi connectivity index (χ2v) is 8.97. The van der Waals surface area contributed by atoms with Crippen molar-refractivity contribution in [2.75, 3.05) is 6.54 Å². The van der Waals surface area contributed by atoms with E-state index in [9.17, 15) is 4.79 Å².